The molecule has 0 unspecified atom stereocenters. The minimum absolute atomic E-state index is 0.0401. The van der Waals surface area contributed by atoms with Crippen LogP contribution in [-0.2, 0) is 4.79 Å². The zero-order chi connectivity index (χ0) is 29.2. The Labute approximate surface area is 251 Å². The summed E-state index contributed by atoms with van der Waals surface area (Å²) in [6.45, 7) is 3.99. The van der Waals surface area contributed by atoms with Gasteiger partial charge in [0, 0.05) is 22.5 Å². The Bertz CT molecular complexity index is 1900. The van der Waals surface area contributed by atoms with Crippen molar-refractivity contribution in [1.82, 2.24) is 4.98 Å². The van der Waals surface area contributed by atoms with Gasteiger partial charge in [-0.3, -0.25) is 24.8 Å². The number of rotatable bonds is 6. The minimum Gasteiger partial charge on any atom is -0.268 e. The Hall–Kier alpha value is -4.73. The topological polar surface area (TPSA) is 88.7 Å². The minimum atomic E-state index is -0.393. The number of carbonyl (C=O) groups excluding carboxylic acids is 1. The highest BCUT2D eigenvalue weighted by Gasteiger charge is 2.35. The van der Waals surface area contributed by atoms with Crippen LogP contribution in [-0.4, -0.2) is 21.0 Å². The molecule has 0 atom stereocenters. The summed E-state index contributed by atoms with van der Waals surface area (Å²) in [5.41, 5.74) is 4.93. The van der Waals surface area contributed by atoms with Gasteiger partial charge in [-0.2, -0.15) is 0 Å². The molecule has 1 aliphatic heterocycles. The summed E-state index contributed by atoms with van der Waals surface area (Å²) in [7, 11) is 0. The summed E-state index contributed by atoms with van der Waals surface area (Å²) in [6.07, 6.45) is 3.40. The van der Waals surface area contributed by atoms with Gasteiger partial charge in [0.15, 0.2) is 5.17 Å². The number of fused-ring (bicyclic) bond motifs is 1. The summed E-state index contributed by atoms with van der Waals surface area (Å²) >= 11 is 2.55. The van der Waals surface area contributed by atoms with E-state index in [0.717, 1.165) is 32.6 Å². The summed E-state index contributed by atoms with van der Waals surface area (Å²) in [6, 6.07) is 30.1. The smallest absolute Gasteiger partial charge is 0.268 e. The normalized spacial score (nSPS) is 15.2. The Morgan fingerprint density at radius 1 is 0.905 bits per heavy atom. The number of pyridine rings is 1. The van der Waals surface area contributed by atoms with Crippen LogP contribution in [0.5, 0.6) is 0 Å². The third-order valence-electron chi connectivity index (χ3n) is 6.65. The number of thioether (sulfide) groups is 1. The fourth-order valence-electron chi connectivity index (χ4n) is 4.48. The first kappa shape index (κ1) is 27.4. The molecule has 0 spiro atoms. The maximum absolute atomic E-state index is 13.7. The number of amidine groups is 1. The number of para-hydroxylation sites is 1. The van der Waals surface area contributed by atoms with Crippen LogP contribution >= 0.6 is 23.5 Å². The van der Waals surface area contributed by atoms with E-state index in [9.17, 15) is 14.9 Å². The van der Waals surface area contributed by atoms with Gasteiger partial charge in [0.1, 0.15) is 0 Å². The van der Waals surface area contributed by atoms with Crippen LogP contribution in [0.15, 0.2) is 123 Å². The number of aliphatic imine (C=N–C) groups is 1. The molecule has 7 nitrogen and oxygen atoms in total. The molecule has 42 heavy (non-hydrogen) atoms. The van der Waals surface area contributed by atoms with E-state index < -0.39 is 4.92 Å². The van der Waals surface area contributed by atoms with Crippen LogP contribution in [0, 0.1) is 24.0 Å². The SMILES string of the molecule is Cc1ccc(N=C2S/C(=C\c3ccc(Sc4cccc5cccnc45)c([N+](=O)[O-])c3)C(=O)N2c2ccc(C)cc2)cc1. The van der Waals surface area contributed by atoms with Crippen LogP contribution < -0.4 is 4.90 Å². The second-order valence-electron chi connectivity index (χ2n) is 9.73. The molecule has 2 heterocycles. The van der Waals surface area contributed by atoms with Gasteiger partial charge in [0.2, 0.25) is 0 Å². The number of hydrogen-bond donors (Lipinski definition) is 0. The average Bonchev–Trinajstić information content (AvgIpc) is 3.29. The molecule has 1 saturated heterocycles. The van der Waals surface area contributed by atoms with Gasteiger partial charge in [-0.05, 0) is 79.7 Å². The molecule has 6 rings (SSSR count). The van der Waals surface area contributed by atoms with E-state index >= 15 is 0 Å². The first-order chi connectivity index (χ1) is 20.4. The van der Waals surface area contributed by atoms with Gasteiger partial charge in [0.05, 0.1) is 31.6 Å². The molecule has 0 bridgehead atoms. The molecule has 1 aromatic heterocycles. The van der Waals surface area contributed by atoms with Crippen molar-refractivity contribution in [3.05, 3.63) is 135 Å². The number of nitro groups is 1. The van der Waals surface area contributed by atoms with Crippen LogP contribution in [0.1, 0.15) is 16.7 Å². The van der Waals surface area contributed by atoms with Crippen LogP contribution in [0.4, 0.5) is 17.1 Å². The van der Waals surface area contributed by atoms with Gasteiger partial charge >= 0.3 is 0 Å². The number of nitro benzene ring substituents is 1. The molecule has 0 radical (unpaired) electrons. The van der Waals surface area contributed by atoms with Crippen molar-refractivity contribution in [1.29, 1.82) is 0 Å². The highest BCUT2D eigenvalue weighted by molar-refractivity contribution is 8.19. The maximum Gasteiger partial charge on any atom is 0.283 e. The molecule has 0 aliphatic carbocycles. The zero-order valence-corrected chi connectivity index (χ0v) is 24.4. The first-order valence-electron chi connectivity index (χ1n) is 13.1. The lowest BCUT2D eigenvalue weighted by atomic mass is 10.1. The quantitative estimate of drug-likeness (QED) is 0.112. The second-order valence-corrected chi connectivity index (χ2v) is 11.8. The third-order valence-corrected chi connectivity index (χ3v) is 8.73. The van der Waals surface area contributed by atoms with Gasteiger partial charge in [-0.1, -0.05) is 71.4 Å². The molecule has 0 N–H and O–H groups in total. The predicted molar refractivity (Wildman–Crippen MR) is 171 cm³/mol. The van der Waals surface area contributed by atoms with Gasteiger partial charge < -0.3 is 0 Å². The lowest BCUT2D eigenvalue weighted by Crippen LogP contribution is -2.28. The summed E-state index contributed by atoms with van der Waals surface area (Å²) in [5.74, 6) is -0.238. The lowest BCUT2D eigenvalue weighted by molar-refractivity contribution is -0.387. The lowest BCUT2D eigenvalue weighted by Gasteiger charge is -2.16. The second kappa shape index (κ2) is 11.6. The molecule has 1 aliphatic rings. The Balaban J connectivity index is 1.36. The Morgan fingerprint density at radius 3 is 2.36 bits per heavy atom. The van der Waals surface area contributed by atoms with Crippen molar-refractivity contribution in [2.24, 2.45) is 4.99 Å². The van der Waals surface area contributed by atoms with Crippen LogP contribution in [0.3, 0.4) is 0 Å². The number of nitrogens with zero attached hydrogens (tertiary/aromatic N) is 4. The largest absolute Gasteiger partial charge is 0.283 e. The van der Waals surface area contributed by atoms with E-state index in [1.54, 1.807) is 29.3 Å². The molecule has 9 heteroatoms. The number of benzene rings is 4. The van der Waals surface area contributed by atoms with E-state index in [1.807, 2.05) is 92.7 Å². The predicted octanol–water partition coefficient (Wildman–Crippen LogP) is 8.72. The number of hydrogen-bond acceptors (Lipinski definition) is 7. The number of amides is 1. The van der Waals surface area contributed by atoms with Crippen molar-refractivity contribution in [2.45, 2.75) is 23.6 Å². The zero-order valence-electron chi connectivity index (χ0n) is 22.7. The van der Waals surface area contributed by atoms with Crippen molar-refractivity contribution in [3.63, 3.8) is 0 Å². The summed E-state index contributed by atoms with van der Waals surface area (Å²) in [4.78, 5) is 38.0. The molecule has 1 fully saturated rings. The summed E-state index contributed by atoms with van der Waals surface area (Å²) in [5, 5.41) is 13.6. The third kappa shape index (κ3) is 5.70. The van der Waals surface area contributed by atoms with E-state index in [-0.39, 0.29) is 11.6 Å². The van der Waals surface area contributed by atoms with Crippen molar-refractivity contribution >= 4 is 68.6 Å². The van der Waals surface area contributed by atoms with Crippen molar-refractivity contribution in [2.75, 3.05) is 4.90 Å². The number of carbonyl (C=O) groups is 1. The molecule has 0 saturated carbocycles. The van der Waals surface area contributed by atoms with Gasteiger partial charge in [0.25, 0.3) is 11.6 Å². The molecule has 4 aromatic carbocycles. The highest BCUT2D eigenvalue weighted by atomic mass is 32.2. The van der Waals surface area contributed by atoms with Crippen molar-refractivity contribution < 1.29 is 9.72 Å². The van der Waals surface area contributed by atoms with E-state index in [4.69, 9.17) is 4.99 Å². The molecular weight excluding hydrogens is 565 g/mol. The Morgan fingerprint density at radius 2 is 1.62 bits per heavy atom. The first-order valence-corrected chi connectivity index (χ1v) is 14.7. The molecule has 5 aromatic rings. The highest BCUT2D eigenvalue weighted by Crippen LogP contribution is 2.40. The van der Waals surface area contributed by atoms with Crippen LogP contribution in [0.25, 0.3) is 17.0 Å². The maximum atomic E-state index is 13.7. The summed E-state index contributed by atoms with van der Waals surface area (Å²) < 4.78 is 0. The number of aryl methyl sites for hydroxylation is 2. The van der Waals surface area contributed by atoms with Gasteiger partial charge in [-0.15, -0.1) is 0 Å². The van der Waals surface area contributed by atoms with Crippen LogP contribution in [0.2, 0.25) is 0 Å². The van der Waals surface area contributed by atoms with E-state index in [2.05, 4.69) is 4.98 Å². The molecule has 1 amide bonds. The van der Waals surface area contributed by atoms with Gasteiger partial charge in [-0.25, -0.2) is 4.99 Å². The fraction of sp³-hybridized carbons (Fsp3) is 0.0606. The molecular formula is C33H24N4O3S2. The van der Waals surface area contributed by atoms with E-state index in [1.165, 1.54) is 29.6 Å². The fourth-order valence-corrected chi connectivity index (χ4v) is 6.51. The number of anilines is 1. The number of aromatic nitrogens is 1. The monoisotopic (exact) mass is 588 g/mol. The average molecular weight is 589 g/mol. The molecule has 206 valence electrons. The standard InChI is InChI=1S/C33H24N4O3S2/c1-21-8-13-25(14-9-21)35-33-36(26-15-10-22(2)11-16-26)32(38)30(42-33)20-23-12-17-28(27(19-23)37(39)40)41-29-7-3-5-24-6-4-18-34-31(24)29/h3-20H,1-2H3/b30-20-,35-33?. The van der Waals surface area contributed by atoms with E-state index in [0.29, 0.717) is 26.2 Å². The van der Waals surface area contributed by atoms with Crippen molar-refractivity contribution in [3.8, 4) is 0 Å². The Kier molecular flexibility index (Phi) is 7.60.